The van der Waals surface area contributed by atoms with Gasteiger partial charge in [0.25, 0.3) is 5.91 Å². The van der Waals surface area contributed by atoms with Crippen molar-refractivity contribution in [2.75, 3.05) is 19.6 Å². The highest BCUT2D eigenvalue weighted by atomic mass is 16.1. The van der Waals surface area contributed by atoms with Crippen LogP contribution in [0.3, 0.4) is 0 Å². The zero-order valence-corrected chi connectivity index (χ0v) is 13.7. The molecule has 0 aromatic heterocycles. The summed E-state index contributed by atoms with van der Waals surface area (Å²) in [6.45, 7) is 11.6. The fraction of sp³-hybridized carbons (Fsp3) is 0.611. The van der Waals surface area contributed by atoms with Gasteiger partial charge in [-0.05, 0) is 48.4 Å². The van der Waals surface area contributed by atoms with Crippen molar-refractivity contribution in [3.63, 3.8) is 0 Å². The summed E-state index contributed by atoms with van der Waals surface area (Å²) in [4.78, 5) is 12.5. The third-order valence-electron chi connectivity index (χ3n) is 4.49. The van der Waals surface area contributed by atoms with Gasteiger partial charge in [0, 0.05) is 12.1 Å². The van der Waals surface area contributed by atoms with Gasteiger partial charge in [-0.2, -0.15) is 0 Å². The molecule has 3 nitrogen and oxygen atoms in total. The van der Waals surface area contributed by atoms with Crippen LogP contribution in [-0.4, -0.2) is 25.5 Å². The molecule has 1 saturated heterocycles. The van der Waals surface area contributed by atoms with Crippen LogP contribution in [-0.2, 0) is 5.41 Å². The largest absolute Gasteiger partial charge is 0.352 e. The summed E-state index contributed by atoms with van der Waals surface area (Å²) in [6.07, 6.45) is 1.19. The molecule has 2 N–H and O–H groups in total. The van der Waals surface area contributed by atoms with E-state index in [1.54, 1.807) is 0 Å². The predicted octanol–water partition coefficient (Wildman–Crippen LogP) is 2.96. The van der Waals surface area contributed by atoms with Gasteiger partial charge in [0.15, 0.2) is 0 Å². The molecular weight excluding hydrogens is 260 g/mol. The number of amides is 1. The summed E-state index contributed by atoms with van der Waals surface area (Å²) in [5, 5.41) is 6.55. The predicted molar refractivity (Wildman–Crippen MR) is 87.6 cm³/mol. The fourth-order valence-corrected chi connectivity index (χ4v) is 2.98. The van der Waals surface area contributed by atoms with Crippen molar-refractivity contribution in [3.8, 4) is 0 Å². The molecule has 3 heteroatoms. The molecule has 1 heterocycles. The SMILES string of the molecule is CC1CCNCC1CNC(=O)c1ccccc1C(C)(C)C. The number of benzene rings is 1. The van der Waals surface area contributed by atoms with E-state index < -0.39 is 0 Å². The van der Waals surface area contributed by atoms with E-state index in [1.807, 2.05) is 18.2 Å². The number of piperidine rings is 1. The summed E-state index contributed by atoms with van der Waals surface area (Å²) >= 11 is 0. The minimum Gasteiger partial charge on any atom is -0.352 e. The van der Waals surface area contributed by atoms with Crippen molar-refractivity contribution in [1.29, 1.82) is 0 Å². The lowest BCUT2D eigenvalue weighted by molar-refractivity contribution is 0.0936. The Morgan fingerprint density at radius 1 is 1.33 bits per heavy atom. The Balaban J connectivity index is 2.04. The van der Waals surface area contributed by atoms with Gasteiger partial charge in [-0.15, -0.1) is 0 Å². The molecule has 0 radical (unpaired) electrons. The van der Waals surface area contributed by atoms with Gasteiger partial charge >= 0.3 is 0 Å². The van der Waals surface area contributed by atoms with Crippen LogP contribution in [0.1, 0.15) is 50.0 Å². The van der Waals surface area contributed by atoms with Crippen molar-refractivity contribution in [1.82, 2.24) is 10.6 Å². The van der Waals surface area contributed by atoms with Gasteiger partial charge in [-0.25, -0.2) is 0 Å². The van der Waals surface area contributed by atoms with Crippen molar-refractivity contribution in [2.24, 2.45) is 11.8 Å². The molecule has 0 aliphatic carbocycles. The second-order valence-electron chi connectivity index (χ2n) is 7.24. The third-order valence-corrected chi connectivity index (χ3v) is 4.49. The van der Waals surface area contributed by atoms with Crippen LogP contribution in [0.25, 0.3) is 0 Å². The normalized spacial score (nSPS) is 22.9. The van der Waals surface area contributed by atoms with E-state index >= 15 is 0 Å². The second kappa shape index (κ2) is 6.61. The lowest BCUT2D eigenvalue weighted by Gasteiger charge is -2.30. The number of carbonyl (C=O) groups is 1. The van der Waals surface area contributed by atoms with Gasteiger partial charge in [-0.1, -0.05) is 45.9 Å². The Morgan fingerprint density at radius 3 is 2.71 bits per heavy atom. The molecule has 2 atom stereocenters. The minimum atomic E-state index is -0.0202. The van der Waals surface area contributed by atoms with Crippen molar-refractivity contribution in [2.45, 2.75) is 39.5 Å². The molecular formula is C18H28N2O. The van der Waals surface area contributed by atoms with E-state index in [9.17, 15) is 4.79 Å². The molecule has 1 aromatic rings. The molecule has 1 aliphatic rings. The molecule has 21 heavy (non-hydrogen) atoms. The van der Waals surface area contributed by atoms with Crippen LogP contribution < -0.4 is 10.6 Å². The van der Waals surface area contributed by atoms with E-state index in [0.29, 0.717) is 11.8 Å². The molecule has 1 amide bonds. The van der Waals surface area contributed by atoms with Crippen LogP contribution in [0.2, 0.25) is 0 Å². The molecule has 2 unspecified atom stereocenters. The van der Waals surface area contributed by atoms with Crippen LogP contribution in [0, 0.1) is 11.8 Å². The topological polar surface area (TPSA) is 41.1 Å². The average Bonchev–Trinajstić information content (AvgIpc) is 2.45. The number of rotatable bonds is 3. The fourth-order valence-electron chi connectivity index (χ4n) is 2.98. The van der Waals surface area contributed by atoms with Gasteiger partial charge in [0.1, 0.15) is 0 Å². The number of carbonyl (C=O) groups excluding carboxylic acids is 1. The van der Waals surface area contributed by atoms with Gasteiger partial charge < -0.3 is 10.6 Å². The minimum absolute atomic E-state index is 0.0202. The monoisotopic (exact) mass is 288 g/mol. The summed E-state index contributed by atoms with van der Waals surface area (Å²) in [5.74, 6) is 1.26. The van der Waals surface area contributed by atoms with E-state index in [1.165, 1.54) is 6.42 Å². The third kappa shape index (κ3) is 4.07. The summed E-state index contributed by atoms with van der Waals surface area (Å²) in [5.41, 5.74) is 1.90. The number of hydrogen-bond donors (Lipinski definition) is 2. The van der Waals surface area contributed by atoms with Crippen LogP contribution in [0.5, 0.6) is 0 Å². The highest BCUT2D eigenvalue weighted by Gasteiger charge is 2.24. The zero-order chi connectivity index (χ0) is 15.5. The van der Waals surface area contributed by atoms with Crippen LogP contribution in [0.4, 0.5) is 0 Å². The highest BCUT2D eigenvalue weighted by Crippen LogP contribution is 2.25. The smallest absolute Gasteiger partial charge is 0.251 e. The molecule has 1 aliphatic heterocycles. The number of nitrogens with one attached hydrogen (secondary N) is 2. The maximum Gasteiger partial charge on any atom is 0.251 e. The Bertz CT molecular complexity index is 490. The van der Waals surface area contributed by atoms with Crippen LogP contribution >= 0.6 is 0 Å². The van der Waals surface area contributed by atoms with Crippen molar-refractivity contribution >= 4 is 5.91 Å². The lowest BCUT2D eigenvalue weighted by Crippen LogP contribution is -2.42. The molecule has 1 aromatic carbocycles. The molecule has 0 saturated carbocycles. The molecule has 0 spiro atoms. The standard InChI is InChI=1S/C18H28N2O/c1-13-9-10-19-11-14(13)12-20-17(21)15-7-5-6-8-16(15)18(2,3)4/h5-8,13-14,19H,9-12H2,1-4H3,(H,20,21). The van der Waals surface area contributed by atoms with Crippen molar-refractivity contribution in [3.05, 3.63) is 35.4 Å². The summed E-state index contributed by atoms with van der Waals surface area (Å²) in [7, 11) is 0. The average molecular weight is 288 g/mol. The Kier molecular flexibility index (Phi) is 5.04. The zero-order valence-electron chi connectivity index (χ0n) is 13.7. The maximum atomic E-state index is 12.5. The first-order valence-corrected chi connectivity index (χ1v) is 7.98. The summed E-state index contributed by atoms with van der Waals surface area (Å²) in [6, 6.07) is 7.93. The van der Waals surface area contributed by atoms with Gasteiger partial charge in [0.2, 0.25) is 0 Å². The summed E-state index contributed by atoms with van der Waals surface area (Å²) < 4.78 is 0. The van der Waals surface area contributed by atoms with E-state index in [4.69, 9.17) is 0 Å². The highest BCUT2D eigenvalue weighted by molar-refractivity contribution is 5.96. The van der Waals surface area contributed by atoms with E-state index in [0.717, 1.165) is 30.8 Å². The first-order chi connectivity index (χ1) is 9.89. The first kappa shape index (κ1) is 16.0. The quantitative estimate of drug-likeness (QED) is 0.898. The van der Waals surface area contributed by atoms with Gasteiger partial charge in [-0.3, -0.25) is 4.79 Å². The molecule has 116 valence electrons. The first-order valence-electron chi connectivity index (χ1n) is 7.98. The Hall–Kier alpha value is -1.35. The Labute approximate surface area is 128 Å². The Morgan fingerprint density at radius 2 is 2.05 bits per heavy atom. The molecule has 1 fully saturated rings. The van der Waals surface area contributed by atoms with E-state index in [-0.39, 0.29) is 11.3 Å². The second-order valence-corrected chi connectivity index (χ2v) is 7.24. The maximum absolute atomic E-state index is 12.5. The van der Waals surface area contributed by atoms with Crippen molar-refractivity contribution < 1.29 is 4.79 Å². The van der Waals surface area contributed by atoms with Gasteiger partial charge in [0.05, 0.1) is 0 Å². The lowest BCUT2D eigenvalue weighted by atomic mass is 9.83. The molecule has 0 bridgehead atoms. The molecule has 2 rings (SSSR count). The van der Waals surface area contributed by atoms with E-state index in [2.05, 4.69) is 44.4 Å². The van der Waals surface area contributed by atoms with Crippen LogP contribution in [0.15, 0.2) is 24.3 Å². The number of hydrogen-bond acceptors (Lipinski definition) is 2.